The Morgan fingerprint density at radius 2 is 1.71 bits per heavy atom. The molecule has 112 valence electrons. The first-order valence-electron chi connectivity index (χ1n) is 6.88. The second-order valence-corrected chi connectivity index (χ2v) is 5.92. The number of hydrogen-bond acceptors (Lipinski definition) is 3. The van der Waals surface area contributed by atoms with Crippen LogP contribution in [0.1, 0.15) is 16.7 Å². The summed E-state index contributed by atoms with van der Waals surface area (Å²) in [6, 6.07) is 9.80. The van der Waals surface area contributed by atoms with Gasteiger partial charge >= 0.3 is 0 Å². The highest BCUT2D eigenvalue weighted by molar-refractivity contribution is 6.31. The van der Waals surface area contributed by atoms with Gasteiger partial charge in [-0.25, -0.2) is 0 Å². The Hall–Kier alpha value is -1.87. The molecule has 0 aromatic heterocycles. The molecule has 0 saturated carbocycles. The number of aromatic hydroxyl groups is 1. The molecule has 0 atom stereocenters. The number of hydrogen-bond donors (Lipinski definition) is 2. The van der Waals surface area contributed by atoms with E-state index < -0.39 is 0 Å². The predicted molar refractivity (Wildman–Crippen MR) is 90.7 cm³/mol. The Bertz CT molecular complexity index is 630. The van der Waals surface area contributed by atoms with E-state index in [0.717, 1.165) is 28.1 Å². The molecule has 0 spiro atoms. The van der Waals surface area contributed by atoms with E-state index in [4.69, 9.17) is 11.6 Å². The fraction of sp³-hybridized carbons (Fsp3) is 0.294. The molecule has 4 heteroatoms. The third-order valence-corrected chi connectivity index (χ3v) is 3.71. The van der Waals surface area contributed by atoms with Gasteiger partial charge in [0.05, 0.1) is 11.4 Å². The maximum atomic E-state index is 9.82. The van der Waals surface area contributed by atoms with Gasteiger partial charge in [-0.15, -0.1) is 0 Å². The topological polar surface area (TPSA) is 35.5 Å². The van der Waals surface area contributed by atoms with Crippen molar-refractivity contribution in [2.75, 3.05) is 24.3 Å². The number of nitrogens with one attached hydrogen (secondary N) is 1. The molecule has 2 rings (SSSR count). The Morgan fingerprint density at radius 1 is 1.10 bits per heavy atom. The molecule has 0 aliphatic rings. The number of phenolic OH excluding ortho intramolecular Hbond substituents is 1. The van der Waals surface area contributed by atoms with Gasteiger partial charge in [0.1, 0.15) is 5.75 Å². The number of benzene rings is 2. The van der Waals surface area contributed by atoms with Crippen LogP contribution in [0.15, 0.2) is 30.3 Å². The molecule has 0 aliphatic heterocycles. The van der Waals surface area contributed by atoms with Gasteiger partial charge in [-0.05, 0) is 48.7 Å². The van der Waals surface area contributed by atoms with Crippen LogP contribution < -0.4 is 10.2 Å². The summed E-state index contributed by atoms with van der Waals surface area (Å²) in [7, 11) is 4.01. The normalized spacial score (nSPS) is 10.5. The molecule has 0 amide bonds. The molecule has 0 fully saturated rings. The molecule has 0 saturated heterocycles. The second kappa shape index (κ2) is 6.27. The summed E-state index contributed by atoms with van der Waals surface area (Å²) in [4.78, 5) is 2.05. The van der Waals surface area contributed by atoms with Crippen LogP contribution in [0.4, 0.5) is 11.4 Å². The molecule has 0 heterocycles. The van der Waals surface area contributed by atoms with Crippen molar-refractivity contribution in [3.8, 4) is 5.75 Å². The van der Waals surface area contributed by atoms with Crippen molar-refractivity contribution < 1.29 is 5.11 Å². The van der Waals surface area contributed by atoms with E-state index in [1.165, 1.54) is 0 Å². The summed E-state index contributed by atoms with van der Waals surface area (Å²) in [5.74, 6) is 0.371. The van der Waals surface area contributed by atoms with Crippen molar-refractivity contribution in [3.63, 3.8) is 0 Å². The number of halogens is 1. The fourth-order valence-electron chi connectivity index (χ4n) is 2.38. The van der Waals surface area contributed by atoms with E-state index in [2.05, 4.69) is 5.32 Å². The lowest BCUT2D eigenvalue weighted by atomic mass is 10.1. The average Bonchev–Trinajstić information content (AvgIpc) is 2.42. The van der Waals surface area contributed by atoms with Crippen molar-refractivity contribution in [3.05, 3.63) is 52.0 Å². The lowest BCUT2D eigenvalue weighted by Crippen LogP contribution is -2.12. The molecule has 0 bridgehead atoms. The molecule has 2 aromatic carbocycles. The Kier molecular flexibility index (Phi) is 4.63. The molecule has 0 aliphatic carbocycles. The Labute approximate surface area is 131 Å². The third-order valence-electron chi connectivity index (χ3n) is 3.47. The average molecular weight is 305 g/mol. The molecule has 21 heavy (non-hydrogen) atoms. The summed E-state index contributed by atoms with van der Waals surface area (Å²) in [5, 5.41) is 14.0. The predicted octanol–water partition coefficient (Wildman–Crippen LogP) is 4.34. The van der Waals surface area contributed by atoms with Gasteiger partial charge in [0.2, 0.25) is 0 Å². The van der Waals surface area contributed by atoms with E-state index in [1.807, 2.05) is 63.2 Å². The lowest BCUT2D eigenvalue weighted by Gasteiger charge is -2.19. The number of anilines is 2. The van der Waals surface area contributed by atoms with Crippen LogP contribution in [0.2, 0.25) is 5.02 Å². The molecule has 3 nitrogen and oxygen atoms in total. The quantitative estimate of drug-likeness (QED) is 0.882. The zero-order chi connectivity index (χ0) is 15.6. The minimum atomic E-state index is 0.371. The highest BCUT2D eigenvalue weighted by Gasteiger charge is 2.07. The molecular weight excluding hydrogens is 284 g/mol. The lowest BCUT2D eigenvalue weighted by molar-refractivity contribution is 0.466. The van der Waals surface area contributed by atoms with Gasteiger partial charge in [0, 0.05) is 25.7 Å². The summed E-state index contributed by atoms with van der Waals surface area (Å²) < 4.78 is 0. The summed E-state index contributed by atoms with van der Waals surface area (Å²) in [6.07, 6.45) is 0. The molecular formula is C17H21ClN2O. The van der Waals surface area contributed by atoms with Gasteiger partial charge in [-0.3, -0.25) is 0 Å². The summed E-state index contributed by atoms with van der Waals surface area (Å²) in [5.41, 5.74) is 5.01. The van der Waals surface area contributed by atoms with E-state index in [9.17, 15) is 5.11 Å². The van der Waals surface area contributed by atoms with Gasteiger partial charge in [-0.1, -0.05) is 23.7 Å². The minimum absolute atomic E-state index is 0.371. The first kappa shape index (κ1) is 15.5. The van der Waals surface area contributed by atoms with Crippen molar-refractivity contribution in [2.45, 2.75) is 20.4 Å². The first-order valence-corrected chi connectivity index (χ1v) is 7.26. The highest BCUT2D eigenvalue weighted by atomic mass is 35.5. The number of phenols is 1. The van der Waals surface area contributed by atoms with E-state index in [-0.39, 0.29) is 0 Å². The zero-order valence-electron chi connectivity index (χ0n) is 12.9. The van der Waals surface area contributed by atoms with E-state index in [1.54, 1.807) is 0 Å². The fourth-order valence-corrected chi connectivity index (χ4v) is 2.56. The maximum Gasteiger partial charge on any atom is 0.121 e. The van der Waals surface area contributed by atoms with Crippen LogP contribution in [0, 0.1) is 13.8 Å². The van der Waals surface area contributed by atoms with Gasteiger partial charge in [0.25, 0.3) is 0 Å². The van der Waals surface area contributed by atoms with Crippen molar-refractivity contribution in [2.24, 2.45) is 0 Å². The van der Waals surface area contributed by atoms with Gasteiger partial charge < -0.3 is 15.3 Å². The number of aryl methyl sites for hydroxylation is 2. The molecule has 0 radical (unpaired) electrons. The number of nitrogens with zero attached hydrogens (tertiary/aromatic N) is 1. The van der Waals surface area contributed by atoms with Crippen LogP contribution >= 0.6 is 11.6 Å². The maximum absolute atomic E-state index is 9.82. The summed E-state index contributed by atoms with van der Waals surface area (Å²) in [6.45, 7) is 4.51. The van der Waals surface area contributed by atoms with Crippen LogP contribution in [0.25, 0.3) is 0 Å². The third kappa shape index (κ3) is 3.61. The van der Waals surface area contributed by atoms with Crippen LogP contribution in [-0.2, 0) is 6.54 Å². The Morgan fingerprint density at radius 3 is 2.29 bits per heavy atom. The van der Waals surface area contributed by atoms with Crippen molar-refractivity contribution in [1.82, 2.24) is 0 Å². The largest absolute Gasteiger partial charge is 0.507 e. The smallest absolute Gasteiger partial charge is 0.121 e. The monoisotopic (exact) mass is 304 g/mol. The number of rotatable bonds is 4. The van der Waals surface area contributed by atoms with Crippen LogP contribution in [0.5, 0.6) is 5.75 Å². The van der Waals surface area contributed by atoms with E-state index in [0.29, 0.717) is 17.3 Å². The minimum Gasteiger partial charge on any atom is -0.507 e. The van der Waals surface area contributed by atoms with Gasteiger partial charge in [0.15, 0.2) is 0 Å². The summed E-state index contributed by atoms with van der Waals surface area (Å²) >= 11 is 6.08. The highest BCUT2D eigenvalue weighted by Crippen LogP contribution is 2.29. The standard InChI is InChI=1S/C17H21ClN2O/c1-11-7-13(8-12(2)17(11)21)10-19-15-9-14(18)5-6-16(15)20(3)4/h5-9,19,21H,10H2,1-4H3. The zero-order valence-corrected chi connectivity index (χ0v) is 13.6. The molecule has 0 unspecified atom stereocenters. The second-order valence-electron chi connectivity index (χ2n) is 5.49. The Balaban J connectivity index is 2.22. The van der Waals surface area contributed by atoms with Crippen molar-refractivity contribution in [1.29, 1.82) is 0 Å². The van der Waals surface area contributed by atoms with Crippen LogP contribution in [-0.4, -0.2) is 19.2 Å². The van der Waals surface area contributed by atoms with Crippen LogP contribution in [0.3, 0.4) is 0 Å². The SMILES string of the molecule is Cc1cc(CNc2cc(Cl)ccc2N(C)C)cc(C)c1O. The van der Waals surface area contributed by atoms with E-state index >= 15 is 0 Å². The van der Waals surface area contributed by atoms with Gasteiger partial charge in [-0.2, -0.15) is 0 Å². The first-order chi connectivity index (χ1) is 9.88. The molecule has 2 N–H and O–H groups in total. The molecule has 2 aromatic rings. The van der Waals surface area contributed by atoms with Crippen molar-refractivity contribution >= 4 is 23.0 Å².